The van der Waals surface area contributed by atoms with E-state index in [1.54, 1.807) is 0 Å². The van der Waals surface area contributed by atoms with Gasteiger partial charge in [0.1, 0.15) is 12.2 Å². The van der Waals surface area contributed by atoms with Crippen LogP contribution in [0.25, 0.3) is 0 Å². The zero-order chi connectivity index (χ0) is 28.0. The summed E-state index contributed by atoms with van der Waals surface area (Å²) in [4.78, 5) is 30.9. The van der Waals surface area contributed by atoms with E-state index in [1.165, 1.54) is 50.9 Å². The summed E-state index contributed by atoms with van der Waals surface area (Å²) in [5, 5.41) is 10.2. The maximum Gasteiger partial charge on any atom is 0.240 e. The summed E-state index contributed by atoms with van der Waals surface area (Å²) in [5.41, 5.74) is -1.33. The van der Waals surface area contributed by atoms with E-state index in [0.717, 1.165) is 19.3 Å². The Morgan fingerprint density at radius 3 is 2.38 bits per heavy atom. The van der Waals surface area contributed by atoms with Crippen LogP contribution in [0.4, 0.5) is 0 Å². The Hall–Kier alpha value is -1.51. The monoisotopic (exact) mass is 532 g/mol. The van der Waals surface area contributed by atoms with Crippen LogP contribution in [0.2, 0.25) is 0 Å². The van der Waals surface area contributed by atoms with Crippen LogP contribution in [0.5, 0.6) is 0 Å². The molecule has 2 heterocycles. The second kappa shape index (κ2) is 7.65. The molecule has 5 aliphatic carbocycles. The van der Waals surface area contributed by atoms with Gasteiger partial charge in [-0.1, -0.05) is 54.0 Å². The Morgan fingerprint density at radius 2 is 1.74 bits per heavy atom. The molecule has 4 saturated carbocycles. The predicted molar refractivity (Wildman–Crippen MR) is 149 cm³/mol. The lowest BCUT2D eigenvalue weighted by Crippen LogP contribution is -2.68. The minimum Gasteiger partial charge on any atom is -0.342 e. The number of ketones is 2. The lowest BCUT2D eigenvalue weighted by atomic mass is 9.33. The minimum absolute atomic E-state index is 0.0401. The molecule has 0 aromatic carbocycles. The van der Waals surface area contributed by atoms with Crippen molar-refractivity contribution in [2.24, 2.45) is 56.7 Å². The molecule has 5 nitrogen and oxygen atoms in total. The summed E-state index contributed by atoms with van der Waals surface area (Å²) in [6.45, 7) is 19.6. The maximum absolute atomic E-state index is 14.7. The molecule has 5 heteroatoms. The molecule has 39 heavy (non-hydrogen) atoms. The molecule has 212 valence electrons. The van der Waals surface area contributed by atoms with E-state index in [-0.39, 0.29) is 33.9 Å². The van der Waals surface area contributed by atoms with Gasteiger partial charge in [0, 0.05) is 23.3 Å². The molecule has 2 aliphatic heterocycles. The van der Waals surface area contributed by atoms with Gasteiger partial charge in [0.25, 0.3) is 0 Å². The summed E-state index contributed by atoms with van der Waals surface area (Å²) < 4.78 is 6.16. The Kier molecular flexibility index (Phi) is 5.18. The van der Waals surface area contributed by atoms with E-state index in [9.17, 15) is 14.9 Å². The second-order valence-electron chi connectivity index (χ2n) is 16.4. The summed E-state index contributed by atoms with van der Waals surface area (Å²) in [6.07, 6.45) is 9.68. The standard InChI is InChI=1S/C34H48N2O3/c1-20-9-12-33(19-36-15-8-16-36)14-13-31(6)26(25(33)21(20)2)22(37)17-24-30(31,5)11-10-23-29(3,4)27(38)34(18-35)28(39-34)32(23,24)7/h17,20-21,23,25-26,28H,8-16,19H2,1-7H3/t20-,21+,23+,25+,26-,28?,30-,31-,32+,33-,34?/m1/s1. The Labute approximate surface area is 235 Å². The molecule has 11 atom stereocenters. The number of fused-ring (bicyclic) bond motifs is 9. The van der Waals surface area contributed by atoms with Crippen molar-refractivity contribution in [3.8, 4) is 6.07 Å². The molecule has 0 N–H and O–H groups in total. The first kappa shape index (κ1) is 26.4. The molecule has 7 rings (SSSR count). The molecular weight excluding hydrogens is 484 g/mol. The van der Waals surface area contributed by atoms with Crippen LogP contribution in [0, 0.1) is 68.0 Å². The highest BCUT2D eigenvalue weighted by molar-refractivity contribution is 6.01. The van der Waals surface area contributed by atoms with Crippen LogP contribution in [-0.4, -0.2) is 47.8 Å². The van der Waals surface area contributed by atoms with E-state index in [2.05, 4.69) is 51.7 Å². The minimum atomic E-state index is -1.35. The molecule has 6 fully saturated rings. The van der Waals surface area contributed by atoms with Crippen molar-refractivity contribution < 1.29 is 14.3 Å². The number of carbonyl (C=O) groups is 2. The SMILES string of the molecule is C[C@@H]1[C@H]2[C@H]3C(=O)C=C4[C@@]5(C)C6OC6(C#N)C(=O)C(C)(C)[C@@H]5CC[C@@]4(C)[C@]3(C)CC[C@@]2(CN2CCC2)CC[C@H]1C. The average molecular weight is 533 g/mol. The topological polar surface area (TPSA) is 73.7 Å². The molecule has 2 saturated heterocycles. The summed E-state index contributed by atoms with van der Waals surface area (Å²) >= 11 is 0. The van der Waals surface area contributed by atoms with Gasteiger partial charge in [-0.05, 0) is 104 Å². The fourth-order valence-corrected chi connectivity index (χ4v) is 12.1. The third-order valence-corrected chi connectivity index (χ3v) is 14.7. The van der Waals surface area contributed by atoms with Crippen molar-refractivity contribution >= 4 is 11.6 Å². The van der Waals surface area contributed by atoms with Gasteiger partial charge in [0.2, 0.25) is 5.60 Å². The molecule has 0 radical (unpaired) electrons. The van der Waals surface area contributed by atoms with Crippen LogP contribution in [0.1, 0.15) is 93.4 Å². The largest absolute Gasteiger partial charge is 0.342 e. The van der Waals surface area contributed by atoms with Gasteiger partial charge in [-0.2, -0.15) is 5.26 Å². The van der Waals surface area contributed by atoms with E-state index < -0.39 is 22.5 Å². The summed E-state index contributed by atoms with van der Waals surface area (Å²) in [6, 6.07) is 2.30. The van der Waals surface area contributed by atoms with Crippen LogP contribution in [-0.2, 0) is 14.3 Å². The molecule has 0 aromatic rings. The van der Waals surface area contributed by atoms with Crippen molar-refractivity contribution in [3.63, 3.8) is 0 Å². The quantitative estimate of drug-likeness (QED) is 0.409. The normalized spacial score (nSPS) is 55.5. The number of ether oxygens (including phenoxy) is 1. The molecule has 7 aliphatic rings. The highest BCUT2D eigenvalue weighted by atomic mass is 16.6. The lowest BCUT2D eigenvalue weighted by Gasteiger charge is -2.70. The van der Waals surface area contributed by atoms with Crippen LogP contribution in [0.3, 0.4) is 0 Å². The first-order valence-corrected chi connectivity index (χ1v) is 15.9. The van der Waals surface area contributed by atoms with E-state index in [4.69, 9.17) is 4.74 Å². The number of rotatable bonds is 2. The number of Topliss-reactive ketones (excluding diaryl/α,β-unsaturated/α-hetero) is 1. The van der Waals surface area contributed by atoms with Gasteiger partial charge in [0.05, 0.1) is 0 Å². The zero-order valence-corrected chi connectivity index (χ0v) is 25.2. The smallest absolute Gasteiger partial charge is 0.240 e. The number of nitriles is 1. The van der Waals surface area contributed by atoms with Crippen LogP contribution < -0.4 is 0 Å². The Morgan fingerprint density at radius 1 is 1.03 bits per heavy atom. The first-order valence-electron chi connectivity index (χ1n) is 15.9. The molecular formula is C34H48N2O3. The molecule has 0 spiro atoms. The molecule has 0 bridgehead atoms. The van der Waals surface area contributed by atoms with Gasteiger partial charge in [-0.25, -0.2) is 0 Å². The highest BCUT2D eigenvalue weighted by Crippen LogP contribution is 2.77. The number of epoxide rings is 1. The van der Waals surface area contributed by atoms with E-state index in [1.807, 2.05) is 13.8 Å². The maximum atomic E-state index is 14.7. The number of hydrogen-bond acceptors (Lipinski definition) is 5. The van der Waals surface area contributed by atoms with Crippen molar-refractivity contribution in [3.05, 3.63) is 11.6 Å². The fraction of sp³-hybridized carbons (Fsp3) is 0.853. The van der Waals surface area contributed by atoms with Crippen LogP contribution >= 0.6 is 0 Å². The first-order chi connectivity index (χ1) is 18.2. The third kappa shape index (κ3) is 2.85. The highest BCUT2D eigenvalue weighted by Gasteiger charge is 2.82. The fourth-order valence-electron chi connectivity index (χ4n) is 12.1. The molecule has 0 aromatic heterocycles. The van der Waals surface area contributed by atoms with Gasteiger partial charge in [-0.3, -0.25) is 9.59 Å². The van der Waals surface area contributed by atoms with Crippen molar-refractivity contribution in [1.29, 1.82) is 5.26 Å². The van der Waals surface area contributed by atoms with Gasteiger partial charge >= 0.3 is 0 Å². The second-order valence-corrected chi connectivity index (χ2v) is 16.4. The number of hydrogen-bond donors (Lipinski definition) is 0. The zero-order valence-electron chi connectivity index (χ0n) is 25.2. The predicted octanol–water partition coefficient (Wildman–Crippen LogP) is 5.98. The van der Waals surface area contributed by atoms with Gasteiger partial charge in [0.15, 0.2) is 11.6 Å². The number of carbonyl (C=O) groups excluding carboxylic acids is 2. The molecule has 2 unspecified atom stereocenters. The Balaban J connectivity index is 1.37. The van der Waals surface area contributed by atoms with E-state index >= 15 is 0 Å². The average Bonchev–Trinajstić information content (AvgIpc) is 3.62. The third-order valence-electron chi connectivity index (χ3n) is 14.7. The van der Waals surface area contributed by atoms with E-state index in [0.29, 0.717) is 23.5 Å². The van der Waals surface area contributed by atoms with Gasteiger partial charge in [-0.15, -0.1) is 0 Å². The number of allylic oxidation sites excluding steroid dienone is 1. The number of likely N-dealkylation sites (tertiary alicyclic amines) is 1. The summed E-state index contributed by atoms with van der Waals surface area (Å²) in [7, 11) is 0. The summed E-state index contributed by atoms with van der Waals surface area (Å²) in [5.74, 6) is 1.96. The van der Waals surface area contributed by atoms with Crippen LogP contribution in [0.15, 0.2) is 11.6 Å². The van der Waals surface area contributed by atoms with Gasteiger partial charge < -0.3 is 9.64 Å². The Bertz CT molecular complexity index is 1230. The number of nitrogens with zero attached hydrogens (tertiary/aromatic N) is 2. The van der Waals surface area contributed by atoms with Crippen molar-refractivity contribution in [1.82, 2.24) is 4.90 Å². The van der Waals surface area contributed by atoms with Crippen molar-refractivity contribution in [2.75, 3.05) is 19.6 Å². The lowest BCUT2D eigenvalue weighted by molar-refractivity contribution is -0.185. The molecule has 0 amide bonds. The van der Waals surface area contributed by atoms with Crippen molar-refractivity contribution in [2.45, 2.75) is 105 Å².